The van der Waals surface area contributed by atoms with E-state index in [4.69, 9.17) is 22.1 Å². The number of nitrogen functional groups attached to an aromatic ring is 1. The van der Waals surface area contributed by atoms with Crippen molar-refractivity contribution in [1.29, 1.82) is 0 Å². The second kappa shape index (κ2) is 6.16. The van der Waals surface area contributed by atoms with Crippen LogP contribution in [0.4, 0.5) is 5.82 Å². The van der Waals surface area contributed by atoms with Crippen LogP contribution >= 0.6 is 11.6 Å². The van der Waals surface area contributed by atoms with Gasteiger partial charge in [0, 0.05) is 12.4 Å². The van der Waals surface area contributed by atoms with E-state index in [0.717, 1.165) is 12.8 Å². The van der Waals surface area contributed by atoms with Crippen molar-refractivity contribution in [2.75, 3.05) is 12.3 Å². The number of anilines is 1. The smallest absolute Gasteiger partial charge is 0.237 e. The molecule has 5 nitrogen and oxygen atoms in total. The maximum absolute atomic E-state index is 5.91. The molecular formula is C12H13ClN4O. The van der Waals surface area contributed by atoms with Crippen LogP contribution < -0.4 is 10.5 Å². The Morgan fingerprint density at radius 1 is 1.22 bits per heavy atom. The summed E-state index contributed by atoms with van der Waals surface area (Å²) in [6.07, 6.45) is 6.67. The molecule has 0 aliphatic heterocycles. The molecule has 2 heterocycles. The molecule has 2 aromatic heterocycles. The van der Waals surface area contributed by atoms with Crippen molar-refractivity contribution in [2.24, 2.45) is 0 Å². The normalized spacial score (nSPS) is 10.3. The van der Waals surface area contributed by atoms with Gasteiger partial charge in [-0.1, -0.05) is 11.6 Å². The van der Waals surface area contributed by atoms with Gasteiger partial charge in [0.25, 0.3) is 0 Å². The van der Waals surface area contributed by atoms with Crippen LogP contribution in [0.3, 0.4) is 0 Å². The van der Waals surface area contributed by atoms with E-state index < -0.39 is 0 Å². The second-order valence-corrected chi connectivity index (χ2v) is 4.06. The molecule has 2 aromatic rings. The number of hydrogen-bond acceptors (Lipinski definition) is 5. The van der Waals surface area contributed by atoms with Crippen LogP contribution in [0.25, 0.3) is 0 Å². The number of halogens is 1. The van der Waals surface area contributed by atoms with Gasteiger partial charge in [-0.25, -0.2) is 9.97 Å². The second-order valence-electron chi connectivity index (χ2n) is 3.69. The molecule has 0 aromatic carbocycles. The van der Waals surface area contributed by atoms with Gasteiger partial charge in [0.1, 0.15) is 17.2 Å². The summed E-state index contributed by atoms with van der Waals surface area (Å²) >= 11 is 5.91. The van der Waals surface area contributed by atoms with E-state index in [1.54, 1.807) is 12.4 Å². The third-order valence-electron chi connectivity index (χ3n) is 2.38. The number of nitrogens with two attached hydrogens (primary N) is 1. The predicted molar refractivity (Wildman–Crippen MR) is 69.5 cm³/mol. The van der Waals surface area contributed by atoms with Crippen LogP contribution in [0.5, 0.6) is 5.88 Å². The average Bonchev–Trinajstić information content (AvgIpc) is 2.40. The Kier molecular flexibility index (Phi) is 4.30. The molecule has 0 unspecified atom stereocenters. The highest BCUT2D eigenvalue weighted by molar-refractivity contribution is 6.33. The standard InChI is InChI=1S/C12H13ClN4O/c13-10-11(14)16-8-17-12(10)18-7-1-2-9-3-5-15-6-4-9/h3-6,8H,1-2,7H2,(H2,14,16,17). The van der Waals surface area contributed by atoms with Crippen molar-refractivity contribution >= 4 is 17.4 Å². The Labute approximate surface area is 110 Å². The molecule has 0 aliphatic carbocycles. The zero-order chi connectivity index (χ0) is 12.8. The zero-order valence-electron chi connectivity index (χ0n) is 9.71. The molecule has 0 saturated heterocycles. The van der Waals surface area contributed by atoms with E-state index in [0.29, 0.717) is 12.5 Å². The highest BCUT2D eigenvalue weighted by Gasteiger charge is 2.07. The fourth-order valence-corrected chi connectivity index (χ4v) is 1.61. The first-order valence-corrected chi connectivity index (χ1v) is 5.93. The topological polar surface area (TPSA) is 73.9 Å². The molecule has 18 heavy (non-hydrogen) atoms. The Bertz CT molecular complexity index is 507. The number of pyridine rings is 1. The van der Waals surface area contributed by atoms with Gasteiger partial charge in [0.05, 0.1) is 6.61 Å². The molecule has 0 fully saturated rings. The maximum Gasteiger partial charge on any atom is 0.237 e. The predicted octanol–water partition coefficient (Wildman–Crippen LogP) is 2.12. The van der Waals surface area contributed by atoms with E-state index >= 15 is 0 Å². The minimum Gasteiger partial charge on any atom is -0.476 e. The van der Waals surface area contributed by atoms with Gasteiger partial charge in [-0.15, -0.1) is 0 Å². The van der Waals surface area contributed by atoms with E-state index in [-0.39, 0.29) is 10.8 Å². The molecule has 0 bridgehead atoms. The van der Waals surface area contributed by atoms with Gasteiger partial charge in [-0.3, -0.25) is 4.98 Å². The minimum absolute atomic E-state index is 0.232. The summed E-state index contributed by atoms with van der Waals surface area (Å²) in [5.41, 5.74) is 6.77. The van der Waals surface area contributed by atoms with Gasteiger partial charge in [0.2, 0.25) is 5.88 Å². The summed E-state index contributed by atoms with van der Waals surface area (Å²) in [5, 5.41) is 0.265. The van der Waals surface area contributed by atoms with Gasteiger partial charge >= 0.3 is 0 Å². The van der Waals surface area contributed by atoms with Crippen LogP contribution in [0, 0.1) is 0 Å². The van der Waals surface area contributed by atoms with E-state index in [1.807, 2.05) is 12.1 Å². The molecule has 0 spiro atoms. The van der Waals surface area contributed by atoms with Crippen molar-refractivity contribution in [3.63, 3.8) is 0 Å². The van der Waals surface area contributed by atoms with Crippen molar-refractivity contribution in [2.45, 2.75) is 12.8 Å². The minimum atomic E-state index is 0.232. The quantitative estimate of drug-likeness (QED) is 0.838. The van der Waals surface area contributed by atoms with Crippen molar-refractivity contribution in [1.82, 2.24) is 15.0 Å². The number of hydrogen-bond donors (Lipinski definition) is 1. The number of ether oxygens (including phenoxy) is 1. The van der Waals surface area contributed by atoms with Gasteiger partial charge in [-0.05, 0) is 30.5 Å². The lowest BCUT2D eigenvalue weighted by atomic mass is 10.1. The molecule has 0 saturated carbocycles. The highest BCUT2D eigenvalue weighted by atomic mass is 35.5. The van der Waals surface area contributed by atoms with Gasteiger partial charge < -0.3 is 10.5 Å². The zero-order valence-corrected chi connectivity index (χ0v) is 10.5. The van der Waals surface area contributed by atoms with Crippen molar-refractivity contribution < 1.29 is 4.74 Å². The van der Waals surface area contributed by atoms with Crippen LogP contribution in [0.2, 0.25) is 5.02 Å². The van der Waals surface area contributed by atoms with Crippen LogP contribution in [0.15, 0.2) is 30.9 Å². The summed E-state index contributed by atoms with van der Waals surface area (Å²) in [6.45, 7) is 0.526. The summed E-state index contributed by atoms with van der Waals surface area (Å²) < 4.78 is 5.46. The largest absolute Gasteiger partial charge is 0.476 e. The fourth-order valence-electron chi connectivity index (χ4n) is 1.46. The third-order valence-corrected chi connectivity index (χ3v) is 2.74. The number of aryl methyl sites for hydroxylation is 1. The lowest BCUT2D eigenvalue weighted by molar-refractivity contribution is 0.299. The molecule has 0 radical (unpaired) electrons. The molecule has 2 rings (SSSR count). The summed E-state index contributed by atoms with van der Waals surface area (Å²) in [6, 6.07) is 3.96. The number of nitrogens with zero attached hydrogens (tertiary/aromatic N) is 3. The first-order chi connectivity index (χ1) is 8.77. The maximum atomic E-state index is 5.91. The van der Waals surface area contributed by atoms with Crippen LogP contribution in [0.1, 0.15) is 12.0 Å². The molecule has 6 heteroatoms. The van der Waals surface area contributed by atoms with Crippen molar-refractivity contribution in [3.05, 3.63) is 41.4 Å². The Morgan fingerprint density at radius 3 is 2.78 bits per heavy atom. The van der Waals surface area contributed by atoms with E-state index in [1.165, 1.54) is 11.9 Å². The van der Waals surface area contributed by atoms with E-state index in [9.17, 15) is 0 Å². The summed E-state index contributed by atoms with van der Waals surface area (Å²) in [7, 11) is 0. The third kappa shape index (κ3) is 3.30. The van der Waals surface area contributed by atoms with Gasteiger partial charge in [-0.2, -0.15) is 0 Å². The van der Waals surface area contributed by atoms with Crippen LogP contribution in [-0.4, -0.2) is 21.6 Å². The highest BCUT2D eigenvalue weighted by Crippen LogP contribution is 2.25. The Morgan fingerprint density at radius 2 is 2.00 bits per heavy atom. The fraction of sp³-hybridized carbons (Fsp3) is 0.250. The summed E-state index contributed by atoms with van der Waals surface area (Å²) in [4.78, 5) is 11.7. The number of rotatable bonds is 5. The first kappa shape index (κ1) is 12.6. The molecule has 0 aliphatic rings. The lowest BCUT2D eigenvalue weighted by Crippen LogP contribution is -2.03. The number of aromatic nitrogens is 3. The molecule has 0 amide bonds. The van der Waals surface area contributed by atoms with E-state index in [2.05, 4.69) is 15.0 Å². The van der Waals surface area contributed by atoms with Crippen molar-refractivity contribution in [3.8, 4) is 5.88 Å². The molecule has 94 valence electrons. The molecule has 2 N–H and O–H groups in total. The Balaban J connectivity index is 1.81. The first-order valence-electron chi connectivity index (χ1n) is 5.55. The SMILES string of the molecule is Nc1ncnc(OCCCc2ccncc2)c1Cl. The lowest BCUT2D eigenvalue weighted by Gasteiger charge is -2.07. The summed E-state index contributed by atoms with van der Waals surface area (Å²) in [5.74, 6) is 0.565. The monoisotopic (exact) mass is 264 g/mol. The average molecular weight is 265 g/mol. The van der Waals surface area contributed by atoms with Gasteiger partial charge in [0.15, 0.2) is 0 Å². The Hall–Kier alpha value is -1.88. The molecular weight excluding hydrogens is 252 g/mol. The van der Waals surface area contributed by atoms with Crippen LogP contribution in [-0.2, 0) is 6.42 Å². The molecule has 0 atom stereocenters.